The summed E-state index contributed by atoms with van der Waals surface area (Å²) < 4.78 is 17.3. The number of hydrogen-bond donors (Lipinski definition) is 4. The molecule has 2 aliphatic heterocycles. The highest BCUT2D eigenvalue weighted by molar-refractivity contribution is 5.83. The fourth-order valence-corrected chi connectivity index (χ4v) is 6.97. The highest BCUT2D eigenvalue weighted by Crippen LogP contribution is 2.65. The highest BCUT2D eigenvalue weighted by atomic mass is 16.6. The Morgan fingerprint density at radius 3 is 2.71 bits per heavy atom. The summed E-state index contributed by atoms with van der Waals surface area (Å²) in [5.74, 6) is -0.999. The summed E-state index contributed by atoms with van der Waals surface area (Å²) in [6.07, 6.45) is 1.45. The van der Waals surface area contributed by atoms with Gasteiger partial charge in [-0.25, -0.2) is 4.79 Å². The predicted molar refractivity (Wildman–Crippen MR) is 150 cm³/mol. The molecular weight excluding hydrogens is 530 g/mol. The van der Waals surface area contributed by atoms with Gasteiger partial charge in [-0.15, -0.1) is 0 Å². The van der Waals surface area contributed by atoms with E-state index in [9.17, 15) is 24.6 Å². The van der Waals surface area contributed by atoms with E-state index in [4.69, 9.17) is 19.9 Å². The van der Waals surface area contributed by atoms with Gasteiger partial charge in [0.25, 0.3) is 0 Å². The van der Waals surface area contributed by atoms with Gasteiger partial charge >= 0.3 is 11.9 Å². The van der Waals surface area contributed by atoms with Gasteiger partial charge in [-0.3, -0.25) is 9.59 Å². The van der Waals surface area contributed by atoms with Crippen LogP contribution in [0.3, 0.4) is 0 Å². The molecule has 1 amide bonds. The van der Waals surface area contributed by atoms with E-state index in [2.05, 4.69) is 10.2 Å². The van der Waals surface area contributed by atoms with Crippen LogP contribution in [0, 0.1) is 5.92 Å². The predicted octanol–water partition coefficient (Wildman–Crippen LogP) is 1.66. The third-order valence-corrected chi connectivity index (χ3v) is 8.90. The van der Waals surface area contributed by atoms with Crippen molar-refractivity contribution in [3.05, 3.63) is 35.1 Å². The average molecular weight is 574 g/mol. The maximum Gasteiger partial charge on any atom is 0.352 e. The van der Waals surface area contributed by atoms with Gasteiger partial charge in [0.2, 0.25) is 5.91 Å². The number of carbonyl (C=O) groups excluding carboxylic acids is 3. The van der Waals surface area contributed by atoms with Crippen LogP contribution in [0.2, 0.25) is 0 Å². The lowest BCUT2D eigenvalue weighted by Crippen LogP contribution is -2.74. The topological polar surface area (TPSA) is 161 Å². The summed E-state index contributed by atoms with van der Waals surface area (Å²) in [6.45, 7) is 6.08. The van der Waals surface area contributed by atoms with Crippen LogP contribution in [0.5, 0.6) is 11.5 Å². The molecule has 5 rings (SSSR count). The number of aromatic hydroxyl groups is 1. The number of rotatable bonds is 9. The number of nitrogens with one attached hydrogen (secondary N) is 1. The first-order chi connectivity index (χ1) is 18.9. The number of likely N-dealkylation sites (tertiary alicyclic amines) is 1. The largest absolute Gasteiger partial charge is 0.504 e. The van der Waals surface area contributed by atoms with Gasteiger partial charge in [-0.1, -0.05) is 27.3 Å². The van der Waals surface area contributed by atoms with Gasteiger partial charge in [0.1, 0.15) is 5.76 Å². The zero-order chi connectivity index (χ0) is 29.0. The third kappa shape index (κ3) is 4.97. The lowest BCUT2D eigenvalue weighted by atomic mass is 9.50. The quantitative estimate of drug-likeness (QED) is 0.320. The van der Waals surface area contributed by atoms with Crippen LogP contribution in [0.25, 0.3) is 0 Å². The van der Waals surface area contributed by atoms with Crippen LogP contribution in [0.4, 0.5) is 0 Å². The SMILES string of the molecule is C.CC(C)C[C@H](N)C(=O)NCCC(=O)O[C@@H](C)C(=O)OC1=CC[C@@]2(O)[C@H]3Cc4ccc(O)c5c4[C@@]2(CCN3C)[C@H]1O5. The van der Waals surface area contributed by atoms with Crippen molar-refractivity contribution in [1.29, 1.82) is 0 Å². The number of hydrogen-bond acceptors (Lipinski definition) is 10. The van der Waals surface area contributed by atoms with E-state index in [0.29, 0.717) is 31.6 Å². The Bertz CT molecular complexity index is 1250. The van der Waals surface area contributed by atoms with Crippen molar-refractivity contribution >= 4 is 17.8 Å². The van der Waals surface area contributed by atoms with E-state index in [1.54, 1.807) is 12.1 Å². The minimum atomic E-state index is -1.21. The summed E-state index contributed by atoms with van der Waals surface area (Å²) in [4.78, 5) is 39.6. The van der Waals surface area contributed by atoms with Crippen molar-refractivity contribution < 1.29 is 38.8 Å². The molecule has 1 aromatic rings. The fourth-order valence-electron chi connectivity index (χ4n) is 6.97. The Morgan fingerprint density at radius 1 is 1.27 bits per heavy atom. The molecule has 11 heteroatoms. The maximum atomic E-state index is 13.0. The summed E-state index contributed by atoms with van der Waals surface area (Å²) >= 11 is 0. The van der Waals surface area contributed by atoms with E-state index < -0.39 is 41.2 Å². The molecule has 1 saturated heterocycles. The molecule has 41 heavy (non-hydrogen) atoms. The standard InChI is InChI=1S/C29H39N3O8.CH4/c1-15(2)13-18(30)26(35)31-11-8-22(34)38-16(3)27(36)39-20-7-9-29(37)21-14-17-5-6-19(33)24-23(17)28(29,25(20)40-24)10-12-32(21)4;/h5-7,15-16,18,21,25,33,37H,8-14,30H2,1-4H3,(H,31,35);1H4/t16-,18-,21+,25-,28-,29+;/m0./s1. The number of phenolic OH excluding ortho intramolecular Hbond substituents is 1. The molecule has 226 valence electrons. The van der Waals surface area contributed by atoms with E-state index in [-0.39, 0.29) is 56.2 Å². The Balaban J connectivity index is 0.00000387. The number of likely N-dealkylation sites (N-methyl/N-ethyl adjacent to an activating group) is 1. The zero-order valence-electron chi connectivity index (χ0n) is 23.4. The van der Waals surface area contributed by atoms with Crippen LogP contribution in [0.15, 0.2) is 24.0 Å². The number of nitrogens with zero attached hydrogens (tertiary/aromatic N) is 1. The number of phenols is 1. The minimum Gasteiger partial charge on any atom is -0.504 e. The van der Waals surface area contributed by atoms with Gasteiger partial charge in [-0.2, -0.15) is 0 Å². The lowest BCUT2D eigenvalue weighted by molar-refractivity contribution is -0.175. The van der Waals surface area contributed by atoms with Crippen molar-refractivity contribution in [2.24, 2.45) is 11.7 Å². The number of esters is 2. The first-order valence-electron chi connectivity index (χ1n) is 14.0. The first kappa shape index (κ1) is 30.8. The smallest absolute Gasteiger partial charge is 0.352 e. The van der Waals surface area contributed by atoms with Crippen molar-refractivity contribution in [3.8, 4) is 11.5 Å². The van der Waals surface area contributed by atoms with Gasteiger partial charge in [0, 0.05) is 24.6 Å². The van der Waals surface area contributed by atoms with Crippen LogP contribution < -0.4 is 15.8 Å². The van der Waals surface area contributed by atoms with Crippen LogP contribution >= 0.6 is 0 Å². The summed E-state index contributed by atoms with van der Waals surface area (Å²) in [6, 6.07) is 2.65. The summed E-state index contributed by atoms with van der Waals surface area (Å²) in [5, 5.41) is 25.4. The van der Waals surface area contributed by atoms with Gasteiger partial charge in [0.15, 0.2) is 23.7 Å². The third-order valence-electron chi connectivity index (χ3n) is 8.90. The zero-order valence-corrected chi connectivity index (χ0v) is 23.4. The molecule has 11 nitrogen and oxygen atoms in total. The van der Waals surface area contributed by atoms with E-state index in [0.717, 1.165) is 11.1 Å². The number of carbonyl (C=O) groups is 3. The molecule has 1 spiro atoms. The number of aliphatic hydroxyl groups is 1. The lowest BCUT2D eigenvalue weighted by Gasteiger charge is -2.61. The second kappa shape index (κ2) is 11.3. The summed E-state index contributed by atoms with van der Waals surface area (Å²) in [7, 11) is 1.99. The van der Waals surface area contributed by atoms with Crippen molar-refractivity contribution in [2.45, 2.75) is 95.6 Å². The Kier molecular flexibility index (Phi) is 8.46. The van der Waals surface area contributed by atoms with Gasteiger partial charge in [0.05, 0.1) is 23.5 Å². The van der Waals surface area contributed by atoms with Crippen LogP contribution in [-0.2, 0) is 35.7 Å². The molecule has 2 heterocycles. The Hall–Kier alpha value is -3.15. The van der Waals surface area contributed by atoms with Crippen molar-refractivity contribution in [2.75, 3.05) is 20.1 Å². The molecule has 0 saturated carbocycles. The Morgan fingerprint density at radius 2 is 2.00 bits per heavy atom. The number of nitrogens with two attached hydrogens (primary N) is 1. The Labute approximate surface area is 241 Å². The molecule has 5 N–H and O–H groups in total. The molecule has 2 aliphatic carbocycles. The molecule has 0 aromatic heterocycles. The number of ether oxygens (including phenoxy) is 3. The van der Waals surface area contributed by atoms with E-state index in [1.165, 1.54) is 6.92 Å². The van der Waals surface area contributed by atoms with Crippen molar-refractivity contribution in [1.82, 2.24) is 10.2 Å². The fraction of sp³-hybridized carbons (Fsp3) is 0.633. The summed E-state index contributed by atoms with van der Waals surface area (Å²) in [5.41, 5.74) is 5.58. The number of amides is 1. The maximum absolute atomic E-state index is 13.0. The monoisotopic (exact) mass is 573 g/mol. The molecule has 0 unspecified atom stereocenters. The highest BCUT2D eigenvalue weighted by Gasteiger charge is 2.72. The normalized spacial score (nSPS) is 28.8. The first-order valence-corrected chi connectivity index (χ1v) is 14.0. The molecule has 1 aromatic carbocycles. The van der Waals surface area contributed by atoms with Crippen LogP contribution in [0.1, 0.15) is 65.0 Å². The number of benzene rings is 1. The second-order valence-electron chi connectivity index (χ2n) is 11.9. The number of piperidine rings is 1. The van der Waals surface area contributed by atoms with E-state index in [1.807, 2.05) is 27.0 Å². The molecule has 6 atom stereocenters. The van der Waals surface area contributed by atoms with Crippen molar-refractivity contribution in [3.63, 3.8) is 0 Å². The van der Waals surface area contributed by atoms with Gasteiger partial charge < -0.3 is 40.4 Å². The average Bonchev–Trinajstić information content (AvgIpc) is 3.25. The molecule has 2 bridgehead atoms. The van der Waals surface area contributed by atoms with Crippen LogP contribution in [-0.4, -0.2) is 83.0 Å². The second-order valence-corrected chi connectivity index (χ2v) is 11.9. The molecule has 4 aliphatic rings. The minimum absolute atomic E-state index is 0. The van der Waals surface area contributed by atoms with Gasteiger partial charge in [-0.05, 0) is 63.4 Å². The molecular formula is C30H43N3O8. The van der Waals surface area contributed by atoms with E-state index >= 15 is 0 Å². The molecule has 1 fully saturated rings. The molecule has 0 radical (unpaired) electrons.